The number of anilines is 1. The van der Waals surface area contributed by atoms with Crippen molar-refractivity contribution < 1.29 is 4.79 Å². The summed E-state index contributed by atoms with van der Waals surface area (Å²) in [4.78, 5) is 12.6. The van der Waals surface area contributed by atoms with E-state index in [4.69, 9.17) is 0 Å². The molecule has 6 heteroatoms. The monoisotopic (exact) mass is 200 g/mol. The summed E-state index contributed by atoms with van der Waals surface area (Å²) >= 11 is 1.40. The van der Waals surface area contributed by atoms with Gasteiger partial charge in [0, 0.05) is 14.1 Å². The van der Waals surface area contributed by atoms with E-state index >= 15 is 0 Å². The van der Waals surface area contributed by atoms with Gasteiger partial charge in [0.15, 0.2) is 0 Å². The fourth-order valence-corrected chi connectivity index (χ4v) is 1.32. The van der Waals surface area contributed by atoms with Gasteiger partial charge in [0.1, 0.15) is 5.01 Å². The van der Waals surface area contributed by atoms with Crippen molar-refractivity contribution in [2.75, 3.05) is 19.4 Å². The third-order valence-corrected chi connectivity index (χ3v) is 2.37. The Hall–Kier alpha value is -1.17. The van der Waals surface area contributed by atoms with Gasteiger partial charge in [0.05, 0.1) is 0 Å². The molecule has 1 heterocycles. The number of hydrogen-bond acceptors (Lipinski definition) is 4. The first-order valence-electron chi connectivity index (χ1n) is 3.94. The fraction of sp³-hybridized carbons (Fsp3) is 0.571. The van der Waals surface area contributed by atoms with Crippen molar-refractivity contribution in [3.05, 3.63) is 5.01 Å². The van der Waals surface area contributed by atoms with Gasteiger partial charge in [-0.2, -0.15) is 0 Å². The van der Waals surface area contributed by atoms with Crippen LogP contribution in [-0.4, -0.2) is 35.2 Å². The van der Waals surface area contributed by atoms with Gasteiger partial charge in [0.25, 0.3) is 0 Å². The van der Waals surface area contributed by atoms with Crippen LogP contribution in [0.1, 0.15) is 11.9 Å². The number of aryl methyl sites for hydroxylation is 1. The van der Waals surface area contributed by atoms with E-state index in [2.05, 4.69) is 15.5 Å². The van der Waals surface area contributed by atoms with Crippen molar-refractivity contribution in [2.45, 2.75) is 13.3 Å². The van der Waals surface area contributed by atoms with E-state index < -0.39 is 0 Å². The van der Waals surface area contributed by atoms with Crippen LogP contribution < -0.4 is 5.32 Å². The number of carbonyl (C=O) groups excluding carboxylic acids is 1. The normalized spacial score (nSPS) is 9.77. The number of amides is 2. The summed E-state index contributed by atoms with van der Waals surface area (Å²) in [7, 11) is 3.36. The minimum absolute atomic E-state index is 0.182. The molecule has 1 N–H and O–H groups in total. The van der Waals surface area contributed by atoms with E-state index in [1.807, 2.05) is 6.92 Å². The quantitative estimate of drug-likeness (QED) is 0.780. The van der Waals surface area contributed by atoms with Gasteiger partial charge in [-0.05, 0) is 6.42 Å². The molecule has 72 valence electrons. The second kappa shape index (κ2) is 4.18. The Kier molecular flexibility index (Phi) is 3.18. The fourth-order valence-electron chi connectivity index (χ4n) is 0.650. The first-order chi connectivity index (χ1) is 6.13. The lowest BCUT2D eigenvalue weighted by Crippen LogP contribution is -2.27. The largest absolute Gasteiger partial charge is 0.331 e. The molecule has 1 aromatic rings. The zero-order chi connectivity index (χ0) is 9.84. The van der Waals surface area contributed by atoms with Gasteiger partial charge < -0.3 is 4.90 Å². The van der Waals surface area contributed by atoms with Crippen LogP contribution in [0.4, 0.5) is 9.93 Å². The summed E-state index contributed by atoms with van der Waals surface area (Å²) in [5.41, 5.74) is 0. The van der Waals surface area contributed by atoms with Crippen molar-refractivity contribution in [1.82, 2.24) is 15.1 Å². The lowest BCUT2D eigenvalue weighted by molar-refractivity contribution is 0.230. The predicted octanol–water partition coefficient (Wildman–Crippen LogP) is 1.19. The van der Waals surface area contributed by atoms with Crippen molar-refractivity contribution >= 4 is 22.5 Å². The molecule has 1 aromatic heterocycles. The minimum atomic E-state index is -0.182. The van der Waals surface area contributed by atoms with Crippen LogP contribution in [0, 0.1) is 0 Å². The van der Waals surface area contributed by atoms with E-state index in [1.165, 1.54) is 16.2 Å². The van der Waals surface area contributed by atoms with Gasteiger partial charge in [-0.15, -0.1) is 10.2 Å². The molecule has 0 unspecified atom stereocenters. The van der Waals surface area contributed by atoms with Crippen LogP contribution in [0.25, 0.3) is 0 Å². The molecule has 0 fully saturated rings. The van der Waals surface area contributed by atoms with Gasteiger partial charge in [-0.25, -0.2) is 4.79 Å². The molecule has 2 amide bonds. The summed E-state index contributed by atoms with van der Waals surface area (Å²) in [6.45, 7) is 2.00. The summed E-state index contributed by atoms with van der Waals surface area (Å²) in [6.07, 6.45) is 0.843. The Bertz CT molecular complexity index is 296. The third-order valence-electron chi connectivity index (χ3n) is 1.39. The first kappa shape index (κ1) is 9.91. The Labute approximate surface area is 80.8 Å². The number of aromatic nitrogens is 2. The Morgan fingerprint density at radius 2 is 2.23 bits per heavy atom. The molecule has 0 saturated heterocycles. The first-order valence-corrected chi connectivity index (χ1v) is 4.75. The van der Waals surface area contributed by atoms with Gasteiger partial charge in [-0.1, -0.05) is 18.3 Å². The number of nitrogens with one attached hydrogen (secondary N) is 1. The van der Waals surface area contributed by atoms with Crippen LogP contribution in [0.2, 0.25) is 0 Å². The van der Waals surface area contributed by atoms with E-state index in [1.54, 1.807) is 14.1 Å². The molecule has 13 heavy (non-hydrogen) atoms. The third kappa shape index (κ3) is 2.66. The van der Waals surface area contributed by atoms with Crippen LogP contribution in [0.15, 0.2) is 0 Å². The second-order valence-electron chi connectivity index (χ2n) is 2.68. The van der Waals surface area contributed by atoms with Crippen molar-refractivity contribution in [3.63, 3.8) is 0 Å². The van der Waals surface area contributed by atoms with Crippen molar-refractivity contribution in [3.8, 4) is 0 Å². The van der Waals surface area contributed by atoms with E-state index in [0.29, 0.717) is 5.13 Å². The van der Waals surface area contributed by atoms with Gasteiger partial charge in [-0.3, -0.25) is 5.32 Å². The standard InChI is InChI=1S/C7H12N4OS/c1-4-5-9-10-6(13-5)8-7(12)11(2)3/h4H2,1-3H3,(H,8,10,12). The molecule has 0 aliphatic carbocycles. The van der Waals surface area contributed by atoms with Crippen molar-refractivity contribution in [1.29, 1.82) is 0 Å². The van der Waals surface area contributed by atoms with E-state index in [9.17, 15) is 4.79 Å². The molecular weight excluding hydrogens is 188 g/mol. The highest BCUT2D eigenvalue weighted by Gasteiger charge is 2.07. The van der Waals surface area contributed by atoms with Crippen LogP contribution in [0.3, 0.4) is 0 Å². The maximum absolute atomic E-state index is 11.2. The molecular formula is C7H12N4OS. The van der Waals surface area contributed by atoms with E-state index in [-0.39, 0.29) is 6.03 Å². The molecule has 5 nitrogen and oxygen atoms in total. The average molecular weight is 200 g/mol. The molecule has 1 rings (SSSR count). The molecule has 0 radical (unpaired) electrons. The maximum Gasteiger partial charge on any atom is 0.323 e. The van der Waals surface area contributed by atoms with Crippen LogP contribution in [-0.2, 0) is 6.42 Å². The molecule has 0 aliphatic heterocycles. The zero-order valence-electron chi connectivity index (χ0n) is 7.87. The summed E-state index contributed by atoms with van der Waals surface area (Å²) in [6, 6.07) is -0.182. The van der Waals surface area contributed by atoms with Crippen LogP contribution >= 0.6 is 11.3 Å². The number of carbonyl (C=O) groups is 1. The van der Waals surface area contributed by atoms with Gasteiger partial charge in [0.2, 0.25) is 5.13 Å². The van der Waals surface area contributed by atoms with Crippen molar-refractivity contribution in [2.24, 2.45) is 0 Å². The number of hydrogen-bond donors (Lipinski definition) is 1. The highest BCUT2D eigenvalue weighted by molar-refractivity contribution is 7.15. The zero-order valence-corrected chi connectivity index (χ0v) is 8.68. The smallest absolute Gasteiger partial charge is 0.323 e. The molecule has 0 spiro atoms. The maximum atomic E-state index is 11.2. The molecule has 0 bridgehead atoms. The Morgan fingerprint density at radius 1 is 1.54 bits per heavy atom. The second-order valence-corrected chi connectivity index (χ2v) is 3.74. The number of nitrogens with zero attached hydrogens (tertiary/aromatic N) is 3. The molecule has 0 atom stereocenters. The number of rotatable bonds is 2. The Balaban J connectivity index is 2.59. The molecule has 0 aromatic carbocycles. The SMILES string of the molecule is CCc1nnc(NC(=O)N(C)C)s1. The van der Waals surface area contributed by atoms with E-state index in [0.717, 1.165) is 11.4 Å². The highest BCUT2D eigenvalue weighted by atomic mass is 32.1. The Morgan fingerprint density at radius 3 is 2.69 bits per heavy atom. The summed E-state index contributed by atoms with van der Waals surface area (Å²) < 4.78 is 0. The highest BCUT2D eigenvalue weighted by Crippen LogP contribution is 2.15. The van der Waals surface area contributed by atoms with Crippen LogP contribution in [0.5, 0.6) is 0 Å². The number of urea groups is 1. The minimum Gasteiger partial charge on any atom is -0.331 e. The lowest BCUT2D eigenvalue weighted by Gasteiger charge is -2.08. The average Bonchev–Trinajstić information content (AvgIpc) is 2.52. The molecule has 0 aliphatic rings. The summed E-state index contributed by atoms with van der Waals surface area (Å²) in [5.74, 6) is 0. The topological polar surface area (TPSA) is 58.1 Å². The lowest BCUT2D eigenvalue weighted by atomic mass is 10.5. The van der Waals surface area contributed by atoms with Gasteiger partial charge >= 0.3 is 6.03 Å². The molecule has 0 saturated carbocycles. The summed E-state index contributed by atoms with van der Waals surface area (Å²) in [5, 5.41) is 11.8. The predicted molar refractivity (Wildman–Crippen MR) is 52.0 cm³/mol.